The van der Waals surface area contributed by atoms with E-state index in [1.54, 1.807) is 0 Å². The van der Waals surface area contributed by atoms with E-state index in [9.17, 15) is 17.5 Å². The zero-order valence-corrected chi connectivity index (χ0v) is 6.20. The van der Waals surface area contributed by atoms with Gasteiger partial charge in [0.05, 0.1) is 0 Å². The first-order valence-electron chi connectivity index (χ1n) is 2.24. The summed E-state index contributed by atoms with van der Waals surface area (Å²) in [7, 11) is 0. The van der Waals surface area contributed by atoms with Crippen LogP contribution >= 0.6 is 0 Å². The Labute approximate surface area is 58.2 Å². The molecule has 0 saturated carbocycles. The summed E-state index contributed by atoms with van der Waals surface area (Å²) in [6.45, 7) is 0. The van der Waals surface area contributed by atoms with E-state index in [0.717, 1.165) is 0 Å². The quantitative estimate of drug-likeness (QED) is 0.514. The molecular formula is C3H6O4S2-2. The van der Waals surface area contributed by atoms with Crippen molar-refractivity contribution >= 4 is 22.2 Å². The molecule has 56 valence electrons. The van der Waals surface area contributed by atoms with Gasteiger partial charge in [-0.15, -0.1) is 0 Å². The molecule has 0 heterocycles. The Morgan fingerprint density at radius 3 is 1.56 bits per heavy atom. The van der Waals surface area contributed by atoms with Gasteiger partial charge in [0, 0.05) is 11.5 Å². The molecule has 2 atom stereocenters. The molecule has 0 bridgehead atoms. The van der Waals surface area contributed by atoms with Crippen LogP contribution in [-0.2, 0) is 22.2 Å². The van der Waals surface area contributed by atoms with E-state index in [1.165, 1.54) is 0 Å². The smallest absolute Gasteiger partial charge is 0.0110 e. The number of hydrogen-bond acceptors (Lipinski definition) is 4. The van der Waals surface area contributed by atoms with Gasteiger partial charge in [0.1, 0.15) is 0 Å². The molecule has 0 aromatic rings. The molecule has 0 rings (SSSR count). The first-order valence-corrected chi connectivity index (χ1v) is 4.73. The number of rotatable bonds is 4. The molecule has 0 spiro atoms. The molecule has 0 amide bonds. The molecule has 0 aromatic carbocycles. The summed E-state index contributed by atoms with van der Waals surface area (Å²) >= 11 is -4.21. The van der Waals surface area contributed by atoms with E-state index < -0.39 is 22.2 Å². The second kappa shape index (κ2) is 5.04. The summed E-state index contributed by atoms with van der Waals surface area (Å²) < 4.78 is 39.1. The zero-order valence-electron chi connectivity index (χ0n) is 4.57. The third-order valence-corrected chi connectivity index (χ3v) is 1.87. The van der Waals surface area contributed by atoms with Gasteiger partial charge in [0.2, 0.25) is 0 Å². The van der Waals surface area contributed by atoms with Gasteiger partial charge < -0.3 is 9.11 Å². The van der Waals surface area contributed by atoms with Crippen molar-refractivity contribution in [2.75, 3.05) is 11.5 Å². The van der Waals surface area contributed by atoms with Crippen LogP contribution in [0.5, 0.6) is 0 Å². The summed E-state index contributed by atoms with van der Waals surface area (Å²) in [5, 5.41) is 0. The molecule has 0 radical (unpaired) electrons. The molecular weight excluding hydrogens is 164 g/mol. The molecule has 0 aliphatic carbocycles. The van der Waals surface area contributed by atoms with Gasteiger partial charge in [-0.1, -0.05) is 22.2 Å². The maximum Gasteiger partial charge on any atom is 0.0110 e. The summed E-state index contributed by atoms with van der Waals surface area (Å²) in [5.41, 5.74) is 0. The number of hydrogen-bond donors (Lipinski definition) is 0. The molecule has 6 heteroatoms. The third kappa shape index (κ3) is 8.22. The van der Waals surface area contributed by atoms with Crippen LogP contribution in [0.4, 0.5) is 0 Å². The lowest BCUT2D eigenvalue weighted by atomic mass is 10.6. The van der Waals surface area contributed by atoms with Crippen molar-refractivity contribution in [2.24, 2.45) is 0 Å². The SMILES string of the molecule is O=S([O-])CCCS(=O)[O-]. The van der Waals surface area contributed by atoms with Crippen molar-refractivity contribution in [1.82, 2.24) is 0 Å². The van der Waals surface area contributed by atoms with Gasteiger partial charge in [-0.2, -0.15) is 0 Å². The maximum absolute atomic E-state index is 9.78. The fraction of sp³-hybridized carbons (Fsp3) is 1.00. The van der Waals surface area contributed by atoms with Crippen LogP contribution in [0.2, 0.25) is 0 Å². The largest absolute Gasteiger partial charge is 0.772 e. The van der Waals surface area contributed by atoms with Crippen molar-refractivity contribution < 1.29 is 17.5 Å². The Bertz CT molecular complexity index is 109. The minimum Gasteiger partial charge on any atom is -0.772 e. The van der Waals surface area contributed by atoms with Gasteiger partial charge in [-0.25, -0.2) is 0 Å². The monoisotopic (exact) mass is 170 g/mol. The lowest BCUT2D eigenvalue weighted by Gasteiger charge is -2.05. The van der Waals surface area contributed by atoms with Crippen LogP contribution in [0.3, 0.4) is 0 Å². The lowest BCUT2D eigenvalue weighted by molar-refractivity contribution is 0.531. The topological polar surface area (TPSA) is 80.3 Å². The molecule has 4 nitrogen and oxygen atoms in total. The molecule has 0 fully saturated rings. The second-order valence-corrected chi connectivity index (χ2v) is 3.40. The van der Waals surface area contributed by atoms with Crippen LogP contribution in [0.1, 0.15) is 6.42 Å². The highest BCUT2D eigenvalue weighted by atomic mass is 32.2. The highest BCUT2D eigenvalue weighted by Gasteiger charge is 1.85. The highest BCUT2D eigenvalue weighted by Crippen LogP contribution is 1.85. The van der Waals surface area contributed by atoms with E-state index in [0.29, 0.717) is 0 Å². The van der Waals surface area contributed by atoms with E-state index >= 15 is 0 Å². The zero-order chi connectivity index (χ0) is 7.28. The minimum atomic E-state index is -2.11. The fourth-order valence-corrected chi connectivity index (χ4v) is 1.24. The average Bonchev–Trinajstić information content (AvgIpc) is 1.63. The van der Waals surface area contributed by atoms with Crippen LogP contribution in [-0.4, -0.2) is 29.0 Å². The van der Waals surface area contributed by atoms with Crippen molar-refractivity contribution in [1.29, 1.82) is 0 Å². The maximum atomic E-state index is 9.78. The molecule has 9 heavy (non-hydrogen) atoms. The molecule has 2 unspecified atom stereocenters. The second-order valence-electron chi connectivity index (χ2n) is 1.37. The van der Waals surface area contributed by atoms with Crippen LogP contribution < -0.4 is 0 Å². The average molecular weight is 170 g/mol. The third-order valence-electron chi connectivity index (χ3n) is 0.622. The first kappa shape index (κ1) is 9.22. The van der Waals surface area contributed by atoms with Gasteiger partial charge >= 0.3 is 0 Å². The van der Waals surface area contributed by atoms with Crippen LogP contribution in [0.15, 0.2) is 0 Å². The summed E-state index contributed by atoms with van der Waals surface area (Å²) in [4.78, 5) is 0. The van der Waals surface area contributed by atoms with Crippen molar-refractivity contribution in [3.63, 3.8) is 0 Å². The van der Waals surface area contributed by atoms with Crippen molar-refractivity contribution in [2.45, 2.75) is 6.42 Å². The van der Waals surface area contributed by atoms with E-state index in [2.05, 4.69) is 0 Å². The predicted octanol–water partition coefficient (Wildman–Crippen LogP) is -0.865. The Morgan fingerprint density at radius 2 is 1.33 bits per heavy atom. The first-order chi connectivity index (χ1) is 4.13. The fourth-order valence-electron chi connectivity index (χ4n) is 0.295. The van der Waals surface area contributed by atoms with Gasteiger partial charge in [0.15, 0.2) is 0 Å². The van der Waals surface area contributed by atoms with Gasteiger partial charge in [0.25, 0.3) is 0 Å². The molecule has 0 N–H and O–H groups in total. The van der Waals surface area contributed by atoms with E-state index in [1.807, 2.05) is 0 Å². The van der Waals surface area contributed by atoms with E-state index in [4.69, 9.17) is 0 Å². The van der Waals surface area contributed by atoms with E-state index in [-0.39, 0.29) is 17.9 Å². The van der Waals surface area contributed by atoms with Gasteiger partial charge in [-0.05, 0) is 6.42 Å². The minimum absolute atomic E-state index is 0.0754. The van der Waals surface area contributed by atoms with Crippen LogP contribution in [0, 0.1) is 0 Å². The van der Waals surface area contributed by atoms with Crippen LogP contribution in [0.25, 0.3) is 0 Å². The molecule has 0 aliphatic heterocycles. The Morgan fingerprint density at radius 1 is 1.00 bits per heavy atom. The molecule has 0 saturated heterocycles. The standard InChI is InChI=1S/C3H8O4S2/c4-8(5)2-1-3-9(6)7/h1-3H2,(H,4,5)(H,6,7)/p-2. The summed E-state index contributed by atoms with van der Waals surface area (Å²) in [6, 6.07) is 0. The molecule has 0 aliphatic rings. The Balaban J connectivity index is 3.10. The van der Waals surface area contributed by atoms with Crippen molar-refractivity contribution in [3.05, 3.63) is 0 Å². The predicted molar refractivity (Wildman–Crippen MR) is 32.2 cm³/mol. The van der Waals surface area contributed by atoms with Crippen molar-refractivity contribution in [3.8, 4) is 0 Å². The Hall–Kier alpha value is 0.220. The summed E-state index contributed by atoms with van der Waals surface area (Å²) in [6.07, 6.45) is 0.187. The molecule has 0 aromatic heterocycles. The highest BCUT2D eigenvalue weighted by molar-refractivity contribution is 7.80. The summed E-state index contributed by atoms with van der Waals surface area (Å²) in [5.74, 6) is -0.151. The lowest BCUT2D eigenvalue weighted by Crippen LogP contribution is -2.02. The van der Waals surface area contributed by atoms with Gasteiger partial charge in [-0.3, -0.25) is 8.42 Å². The Kier molecular flexibility index (Phi) is 5.16. The normalized spacial score (nSPS) is 17.1.